The Morgan fingerprint density at radius 1 is 1.37 bits per heavy atom. The number of carbonyl (C=O) groups excluding carboxylic acids is 1. The first-order valence-electron chi connectivity index (χ1n) is 5.23. The number of halogens is 1. The SMILES string of the molecule is O=C(O)Cn1ccc(C(=O)Nc2ccc(Br)cn2)n1. The summed E-state index contributed by atoms with van der Waals surface area (Å²) >= 11 is 3.24. The van der Waals surface area contributed by atoms with E-state index in [0.717, 1.165) is 4.47 Å². The zero-order valence-electron chi connectivity index (χ0n) is 9.58. The molecule has 8 heteroatoms. The number of pyridine rings is 1. The van der Waals surface area contributed by atoms with Crippen molar-refractivity contribution in [2.45, 2.75) is 6.54 Å². The Bertz CT molecular complexity index is 609. The van der Waals surface area contributed by atoms with Crippen LogP contribution in [0.15, 0.2) is 35.1 Å². The van der Waals surface area contributed by atoms with E-state index in [4.69, 9.17) is 5.11 Å². The van der Waals surface area contributed by atoms with Crippen LogP contribution in [0.4, 0.5) is 5.82 Å². The van der Waals surface area contributed by atoms with E-state index in [9.17, 15) is 9.59 Å². The summed E-state index contributed by atoms with van der Waals surface area (Å²) in [6.07, 6.45) is 2.98. The number of carboxylic acid groups (broad SMARTS) is 1. The Labute approximate surface area is 116 Å². The fourth-order valence-corrected chi connectivity index (χ4v) is 1.57. The molecule has 0 aliphatic carbocycles. The van der Waals surface area contributed by atoms with Crippen molar-refractivity contribution >= 4 is 33.6 Å². The van der Waals surface area contributed by atoms with Gasteiger partial charge in [0.15, 0.2) is 5.69 Å². The van der Waals surface area contributed by atoms with Crippen LogP contribution >= 0.6 is 15.9 Å². The predicted octanol–water partition coefficient (Wildman–Crippen LogP) is 1.38. The maximum absolute atomic E-state index is 11.8. The highest BCUT2D eigenvalue weighted by Crippen LogP contribution is 2.11. The van der Waals surface area contributed by atoms with Gasteiger partial charge < -0.3 is 10.4 Å². The van der Waals surface area contributed by atoms with Gasteiger partial charge in [0.2, 0.25) is 0 Å². The Balaban J connectivity index is 2.05. The molecule has 0 radical (unpaired) electrons. The van der Waals surface area contributed by atoms with Gasteiger partial charge in [0.05, 0.1) is 0 Å². The maximum Gasteiger partial charge on any atom is 0.325 e. The summed E-state index contributed by atoms with van der Waals surface area (Å²) < 4.78 is 1.97. The average molecular weight is 325 g/mol. The Morgan fingerprint density at radius 3 is 2.79 bits per heavy atom. The molecule has 0 spiro atoms. The molecule has 7 nitrogen and oxygen atoms in total. The number of carbonyl (C=O) groups is 2. The molecule has 1 amide bonds. The van der Waals surface area contributed by atoms with Crippen molar-refractivity contribution in [1.82, 2.24) is 14.8 Å². The van der Waals surface area contributed by atoms with E-state index < -0.39 is 11.9 Å². The second-order valence-electron chi connectivity index (χ2n) is 3.61. The Morgan fingerprint density at radius 2 is 2.16 bits per heavy atom. The first-order chi connectivity index (χ1) is 9.04. The van der Waals surface area contributed by atoms with Gasteiger partial charge in [0, 0.05) is 16.9 Å². The van der Waals surface area contributed by atoms with E-state index in [-0.39, 0.29) is 12.2 Å². The van der Waals surface area contributed by atoms with E-state index in [1.165, 1.54) is 16.9 Å². The van der Waals surface area contributed by atoms with Crippen LogP contribution in [0, 0.1) is 0 Å². The summed E-state index contributed by atoms with van der Waals surface area (Å²) in [5.41, 5.74) is 0.131. The number of rotatable bonds is 4. The third-order valence-corrected chi connectivity index (χ3v) is 2.61. The molecule has 0 fully saturated rings. The lowest BCUT2D eigenvalue weighted by molar-refractivity contribution is -0.137. The normalized spacial score (nSPS) is 10.2. The molecule has 0 atom stereocenters. The van der Waals surface area contributed by atoms with Gasteiger partial charge in [-0.3, -0.25) is 14.3 Å². The van der Waals surface area contributed by atoms with Crippen molar-refractivity contribution in [2.75, 3.05) is 5.32 Å². The summed E-state index contributed by atoms with van der Waals surface area (Å²) in [7, 11) is 0. The molecule has 0 bridgehead atoms. The smallest absolute Gasteiger partial charge is 0.325 e. The van der Waals surface area contributed by atoms with E-state index in [1.54, 1.807) is 18.3 Å². The topological polar surface area (TPSA) is 97.1 Å². The molecule has 2 heterocycles. The van der Waals surface area contributed by atoms with Gasteiger partial charge >= 0.3 is 5.97 Å². The minimum atomic E-state index is -1.02. The van der Waals surface area contributed by atoms with E-state index in [0.29, 0.717) is 5.82 Å². The van der Waals surface area contributed by atoms with Crippen molar-refractivity contribution < 1.29 is 14.7 Å². The second-order valence-corrected chi connectivity index (χ2v) is 4.52. The van der Waals surface area contributed by atoms with Crippen molar-refractivity contribution in [3.63, 3.8) is 0 Å². The highest BCUT2D eigenvalue weighted by atomic mass is 79.9. The largest absolute Gasteiger partial charge is 0.480 e. The molecular formula is C11H9BrN4O3. The predicted molar refractivity (Wildman–Crippen MR) is 69.8 cm³/mol. The number of carboxylic acids is 1. The molecule has 2 aromatic heterocycles. The lowest BCUT2D eigenvalue weighted by Gasteiger charge is -2.01. The van der Waals surface area contributed by atoms with Crippen molar-refractivity contribution in [2.24, 2.45) is 0 Å². The number of nitrogens with one attached hydrogen (secondary N) is 1. The van der Waals surface area contributed by atoms with Crippen LogP contribution in [0.2, 0.25) is 0 Å². The molecule has 0 saturated heterocycles. The lowest BCUT2D eigenvalue weighted by Crippen LogP contribution is -2.15. The molecule has 0 aliphatic heterocycles. The van der Waals surface area contributed by atoms with Crippen LogP contribution < -0.4 is 5.32 Å². The van der Waals surface area contributed by atoms with Gasteiger partial charge in [-0.15, -0.1) is 0 Å². The average Bonchev–Trinajstić information content (AvgIpc) is 2.80. The molecule has 0 aliphatic rings. The minimum Gasteiger partial charge on any atom is -0.480 e. The minimum absolute atomic E-state index is 0.131. The molecule has 2 N–H and O–H groups in total. The molecule has 2 rings (SSSR count). The van der Waals surface area contributed by atoms with Crippen molar-refractivity contribution in [1.29, 1.82) is 0 Å². The zero-order valence-corrected chi connectivity index (χ0v) is 11.2. The molecule has 0 unspecified atom stereocenters. The van der Waals surface area contributed by atoms with Gasteiger partial charge in [-0.05, 0) is 34.1 Å². The number of amides is 1. The maximum atomic E-state index is 11.8. The highest BCUT2D eigenvalue weighted by molar-refractivity contribution is 9.10. The molecule has 19 heavy (non-hydrogen) atoms. The number of hydrogen-bond donors (Lipinski definition) is 2. The van der Waals surface area contributed by atoms with Gasteiger partial charge in [0.1, 0.15) is 12.4 Å². The van der Waals surface area contributed by atoms with Gasteiger partial charge in [-0.2, -0.15) is 5.10 Å². The monoisotopic (exact) mass is 324 g/mol. The summed E-state index contributed by atoms with van der Waals surface area (Å²) in [5, 5.41) is 15.0. The molecule has 2 aromatic rings. The number of nitrogens with zero attached hydrogens (tertiary/aromatic N) is 3. The molecular weight excluding hydrogens is 316 g/mol. The van der Waals surface area contributed by atoms with Gasteiger partial charge in [0.25, 0.3) is 5.91 Å². The number of aliphatic carboxylic acids is 1. The summed E-state index contributed by atoms with van der Waals surface area (Å²) in [6, 6.07) is 4.82. The lowest BCUT2D eigenvalue weighted by atomic mass is 10.4. The quantitative estimate of drug-likeness (QED) is 0.885. The van der Waals surface area contributed by atoms with Gasteiger partial charge in [-0.25, -0.2) is 4.98 Å². The van der Waals surface area contributed by atoms with Crippen LogP contribution in [-0.2, 0) is 11.3 Å². The molecule has 0 aromatic carbocycles. The summed E-state index contributed by atoms with van der Waals surface area (Å²) in [6.45, 7) is -0.288. The molecule has 0 saturated carbocycles. The van der Waals surface area contributed by atoms with Crippen LogP contribution in [0.1, 0.15) is 10.5 Å². The first-order valence-corrected chi connectivity index (χ1v) is 6.02. The first kappa shape index (κ1) is 13.2. The van der Waals surface area contributed by atoms with Crippen LogP contribution in [0.5, 0.6) is 0 Å². The third kappa shape index (κ3) is 3.62. The van der Waals surface area contributed by atoms with E-state index in [1.807, 2.05) is 0 Å². The zero-order chi connectivity index (χ0) is 13.8. The summed E-state index contributed by atoms with van der Waals surface area (Å²) in [5.74, 6) is -1.08. The fraction of sp³-hybridized carbons (Fsp3) is 0.0909. The Hall–Kier alpha value is -2.22. The number of aromatic nitrogens is 3. The third-order valence-electron chi connectivity index (χ3n) is 2.14. The van der Waals surface area contributed by atoms with E-state index in [2.05, 4.69) is 31.3 Å². The van der Waals surface area contributed by atoms with Crippen molar-refractivity contribution in [3.8, 4) is 0 Å². The van der Waals surface area contributed by atoms with Crippen LogP contribution in [-0.4, -0.2) is 31.7 Å². The van der Waals surface area contributed by atoms with Crippen LogP contribution in [0.3, 0.4) is 0 Å². The van der Waals surface area contributed by atoms with Gasteiger partial charge in [-0.1, -0.05) is 0 Å². The summed E-state index contributed by atoms with van der Waals surface area (Å²) in [4.78, 5) is 26.3. The number of anilines is 1. The van der Waals surface area contributed by atoms with Crippen molar-refractivity contribution in [3.05, 3.63) is 40.8 Å². The van der Waals surface area contributed by atoms with E-state index >= 15 is 0 Å². The fourth-order valence-electron chi connectivity index (χ4n) is 1.34. The standard InChI is InChI=1S/C11H9BrN4O3/c12-7-1-2-9(13-5-7)14-11(19)8-3-4-16(15-8)6-10(17)18/h1-5H,6H2,(H,17,18)(H,13,14,19). The highest BCUT2D eigenvalue weighted by Gasteiger charge is 2.11. The van der Waals surface area contributed by atoms with Crippen LogP contribution in [0.25, 0.3) is 0 Å². The Kier molecular flexibility index (Phi) is 3.91. The second kappa shape index (κ2) is 5.61. The number of hydrogen-bond acceptors (Lipinski definition) is 4. The molecule has 98 valence electrons.